The summed E-state index contributed by atoms with van der Waals surface area (Å²) in [6.45, 7) is 10.2. The highest BCUT2D eigenvalue weighted by Gasteiger charge is 2.19. The molecule has 1 aromatic carbocycles. The van der Waals surface area contributed by atoms with E-state index < -0.39 is 6.04 Å². The standard InChI is InChI=1S/C16H26N2O2/c1-10(2)14(17)16(19)18-13(5)9-20-15-11(3)7-6-8-12(15)4/h6-8,10,13-14H,9,17H2,1-5H3,(H,18,19)/t13?,14-/m0/s1. The molecule has 112 valence electrons. The lowest BCUT2D eigenvalue weighted by Gasteiger charge is -2.21. The molecule has 0 spiro atoms. The molecule has 0 aliphatic heterocycles. The lowest BCUT2D eigenvalue weighted by Crippen LogP contribution is -2.48. The normalized spacial score (nSPS) is 13.9. The molecule has 1 rings (SSSR count). The number of ether oxygens (including phenoxy) is 1. The average Bonchev–Trinajstić information content (AvgIpc) is 2.36. The molecule has 1 unspecified atom stereocenters. The van der Waals surface area contributed by atoms with Crippen molar-refractivity contribution >= 4 is 5.91 Å². The summed E-state index contributed by atoms with van der Waals surface area (Å²) in [6, 6.07) is 5.48. The minimum atomic E-state index is -0.474. The van der Waals surface area contributed by atoms with Crippen LogP contribution in [0.5, 0.6) is 5.75 Å². The van der Waals surface area contributed by atoms with E-state index in [0.29, 0.717) is 6.61 Å². The summed E-state index contributed by atoms with van der Waals surface area (Å²) in [5.41, 5.74) is 8.01. The zero-order chi connectivity index (χ0) is 15.3. The van der Waals surface area contributed by atoms with Gasteiger partial charge in [0.1, 0.15) is 12.4 Å². The van der Waals surface area contributed by atoms with Crippen molar-refractivity contribution in [2.75, 3.05) is 6.61 Å². The van der Waals surface area contributed by atoms with E-state index in [0.717, 1.165) is 16.9 Å². The lowest BCUT2D eigenvalue weighted by molar-refractivity contribution is -0.124. The third-order valence-corrected chi connectivity index (χ3v) is 3.30. The summed E-state index contributed by atoms with van der Waals surface area (Å²) in [5, 5.41) is 2.88. The Balaban J connectivity index is 2.52. The van der Waals surface area contributed by atoms with Crippen LogP contribution in [0.2, 0.25) is 0 Å². The Bertz CT molecular complexity index is 438. The lowest BCUT2D eigenvalue weighted by atomic mass is 10.0. The number of aryl methyl sites for hydroxylation is 2. The highest BCUT2D eigenvalue weighted by Crippen LogP contribution is 2.22. The van der Waals surface area contributed by atoms with Crippen LogP contribution in [0.25, 0.3) is 0 Å². The van der Waals surface area contributed by atoms with Crippen LogP contribution in [0.15, 0.2) is 18.2 Å². The fourth-order valence-electron chi connectivity index (χ4n) is 1.92. The van der Waals surface area contributed by atoms with Crippen LogP contribution in [-0.4, -0.2) is 24.6 Å². The van der Waals surface area contributed by atoms with Gasteiger partial charge in [0, 0.05) is 0 Å². The van der Waals surface area contributed by atoms with E-state index in [1.54, 1.807) is 0 Å². The summed E-state index contributed by atoms with van der Waals surface area (Å²) in [6.07, 6.45) is 0. The molecule has 1 amide bonds. The maximum absolute atomic E-state index is 11.8. The third-order valence-electron chi connectivity index (χ3n) is 3.30. The SMILES string of the molecule is Cc1cccc(C)c1OCC(C)NC(=O)[C@@H](N)C(C)C. The smallest absolute Gasteiger partial charge is 0.237 e. The van der Waals surface area contributed by atoms with Crippen LogP contribution >= 0.6 is 0 Å². The van der Waals surface area contributed by atoms with Gasteiger partial charge in [-0.15, -0.1) is 0 Å². The van der Waals surface area contributed by atoms with E-state index in [1.807, 2.05) is 52.8 Å². The first-order chi connectivity index (χ1) is 9.32. The molecule has 4 nitrogen and oxygen atoms in total. The fraction of sp³-hybridized carbons (Fsp3) is 0.562. The second-order valence-corrected chi connectivity index (χ2v) is 5.71. The summed E-state index contributed by atoms with van der Waals surface area (Å²) >= 11 is 0. The number of hydrogen-bond donors (Lipinski definition) is 2. The maximum atomic E-state index is 11.8. The van der Waals surface area contributed by atoms with Crippen molar-refractivity contribution in [1.82, 2.24) is 5.32 Å². The van der Waals surface area contributed by atoms with Crippen LogP contribution in [0, 0.1) is 19.8 Å². The molecule has 0 aliphatic carbocycles. The van der Waals surface area contributed by atoms with Gasteiger partial charge in [-0.3, -0.25) is 4.79 Å². The first kappa shape index (κ1) is 16.5. The average molecular weight is 278 g/mol. The van der Waals surface area contributed by atoms with Crippen molar-refractivity contribution < 1.29 is 9.53 Å². The number of rotatable bonds is 6. The molecule has 0 radical (unpaired) electrons. The van der Waals surface area contributed by atoms with E-state index >= 15 is 0 Å². The topological polar surface area (TPSA) is 64.3 Å². The van der Waals surface area contributed by atoms with Crippen LogP contribution in [0.4, 0.5) is 0 Å². The largest absolute Gasteiger partial charge is 0.491 e. The molecular formula is C16H26N2O2. The van der Waals surface area contributed by atoms with E-state index in [4.69, 9.17) is 10.5 Å². The van der Waals surface area contributed by atoms with Crippen molar-refractivity contribution in [3.05, 3.63) is 29.3 Å². The number of para-hydroxylation sites is 1. The number of carbonyl (C=O) groups excluding carboxylic acids is 1. The van der Waals surface area contributed by atoms with E-state index in [-0.39, 0.29) is 17.9 Å². The van der Waals surface area contributed by atoms with E-state index in [2.05, 4.69) is 5.32 Å². The van der Waals surface area contributed by atoms with Gasteiger partial charge in [-0.2, -0.15) is 0 Å². The Kier molecular flexibility index (Phi) is 6.02. The van der Waals surface area contributed by atoms with Gasteiger partial charge in [-0.05, 0) is 37.8 Å². The van der Waals surface area contributed by atoms with Crippen molar-refractivity contribution in [2.24, 2.45) is 11.7 Å². The van der Waals surface area contributed by atoms with E-state index in [1.165, 1.54) is 0 Å². The van der Waals surface area contributed by atoms with Crippen LogP contribution in [0.1, 0.15) is 31.9 Å². The van der Waals surface area contributed by atoms with Gasteiger partial charge in [0.25, 0.3) is 0 Å². The van der Waals surface area contributed by atoms with Crippen molar-refractivity contribution in [3.8, 4) is 5.75 Å². The molecule has 0 saturated carbocycles. The van der Waals surface area contributed by atoms with Gasteiger partial charge in [0.05, 0.1) is 12.1 Å². The summed E-state index contributed by atoms with van der Waals surface area (Å²) in [7, 11) is 0. The summed E-state index contributed by atoms with van der Waals surface area (Å²) in [4.78, 5) is 11.8. The Morgan fingerprint density at radius 2 is 1.80 bits per heavy atom. The number of hydrogen-bond acceptors (Lipinski definition) is 3. The molecular weight excluding hydrogens is 252 g/mol. The molecule has 20 heavy (non-hydrogen) atoms. The highest BCUT2D eigenvalue weighted by atomic mass is 16.5. The molecule has 1 aromatic rings. The van der Waals surface area contributed by atoms with Crippen molar-refractivity contribution in [3.63, 3.8) is 0 Å². The Labute approximate surface area is 121 Å². The zero-order valence-electron chi connectivity index (χ0n) is 13.1. The molecule has 0 bridgehead atoms. The van der Waals surface area contributed by atoms with Gasteiger partial charge in [0.15, 0.2) is 0 Å². The number of nitrogens with two attached hydrogens (primary N) is 1. The monoisotopic (exact) mass is 278 g/mol. The van der Waals surface area contributed by atoms with Crippen molar-refractivity contribution in [1.29, 1.82) is 0 Å². The molecule has 0 heterocycles. The molecule has 0 fully saturated rings. The number of benzene rings is 1. The first-order valence-electron chi connectivity index (χ1n) is 7.08. The van der Waals surface area contributed by atoms with Gasteiger partial charge in [-0.25, -0.2) is 0 Å². The molecule has 4 heteroatoms. The molecule has 0 aromatic heterocycles. The minimum absolute atomic E-state index is 0.0775. The molecule has 3 N–H and O–H groups in total. The number of amides is 1. The van der Waals surface area contributed by atoms with Crippen LogP contribution in [-0.2, 0) is 4.79 Å². The Morgan fingerprint density at radius 1 is 1.25 bits per heavy atom. The van der Waals surface area contributed by atoms with Crippen LogP contribution in [0.3, 0.4) is 0 Å². The molecule has 2 atom stereocenters. The second kappa shape index (κ2) is 7.29. The Morgan fingerprint density at radius 3 is 2.30 bits per heavy atom. The second-order valence-electron chi connectivity index (χ2n) is 5.71. The quantitative estimate of drug-likeness (QED) is 0.838. The van der Waals surface area contributed by atoms with E-state index in [9.17, 15) is 4.79 Å². The highest BCUT2D eigenvalue weighted by molar-refractivity contribution is 5.81. The minimum Gasteiger partial charge on any atom is -0.491 e. The number of carbonyl (C=O) groups is 1. The predicted molar refractivity (Wildman–Crippen MR) is 81.8 cm³/mol. The fourth-order valence-corrected chi connectivity index (χ4v) is 1.92. The summed E-state index contributed by atoms with van der Waals surface area (Å²) < 4.78 is 5.81. The summed E-state index contributed by atoms with van der Waals surface area (Å²) in [5.74, 6) is 0.890. The Hall–Kier alpha value is -1.55. The van der Waals surface area contributed by atoms with Gasteiger partial charge >= 0.3 is 0 Å². The maximum Gasteiger partial charge on any atom is 0.237 e. The molecule has 0 aliphatic rings. The van der Waals surface area contributed by atoms with Gasteiger partial charge in [-0.1, -0.05) is 32.0 Å². The molecule has 0 saturated heterocycles. The van der Waals surface area contributed by atoms with Gasteiger partial charge < -0.3 is 15.8 Å². The third kappa shape index (κ3) is 4.53. The van der Waals surface area contributed by atoms with Crippen LogP contribution < -0.4 is 15.8 Å². The number of nitrogens with one attached hydrogen (secondary N) is 1. The predicted octanol–water partition coefficient (Wildman–Crippen LogP) is 2.17. The zero-order valence-corrected chi connectivity index (χ0v) is 13.1. The van der Waals surface area contributed by atoms with Crippen molar-refractivity contribution in [2.45, 2.75) is 46.7 Å². The first-order valence-corrected chi connectivity index (χ1v) is 7.08. The van der Waals surface area contributed by atoms with Gasteiger partial charge in [0.2, 0.25) is 5.91 Å².